The number of carbonyl (C=O) groups excluding carboxylic acids is 2. The van der Waals surface area contributed by atoms with Gasteiger partial charge in [-0.1, -0.05) is 12.1 Å². The highest BCUT2D eigenvalue weighted by Crippen LogP contribution is 2.16. The van der Waals surface area contributed by atoms with Crippen molar-refractivity contribution in [2.24, 2.45) is 5.73 Å². The molecule has 0 saturated heterocycles. The van der Waals surface area contributed by atoms with Crippen LogP contribution in [0.15, 0.2) is 30.3 Å². The van der Waals surface area contributed by atoms with E-state index in [1.807, 2.05) is 19.9 Å². The van der Waals surface area contributed by atoms with Crippen molar-refractivity contribution in [2.45, 2.75) is 20.3 Å². The first kappa shape index (κ1) is 13.9. The molecule has 2 aromatic rings. The molecule has 0 radical (unpaired) electrons. The maximum absolute atomic E-state index is 12.0. The standard InChI is InChI=1S/C15H17N3O2/c1-9-7-11(10(2)17-9)8-14(19)18-13-6-4-3-5-12(13)15(16)20/h3-7,17H,8H2,1-2H3,(H2,16,20)(H,18,19). The van der Waals surface area contributed by atoms with Gasteiger partial charge in [0.1, 0.15) is 0 Å². The van der Waals surface area contributed by atoms with E-state index in [0.717, 1.165) is 17.0 Å². The van der Waals surface area contributed by atoms with Gasteiger partial charge in [-0.05, 0) is 37.6 Å². The molecule has 0 unspecified atom stereocenters. The number of amides is 2. The molecule has 104 valence electrons. The van der Waals surface area contributed by atoms with Gasteiger partial charge in [-0.2, -0.15) is 0 Å². The Balaban J connectivity index is 2.13. The van der Waals surface area contributed by atoms with Crippen LogP contribution < -0.4 is 11.1 Å². The highest BCUT2D eigenvalue weighted by molar-refractivity contribution is 6.03. The fraction of sp³-hybridized carbons (Fsp3) is 0.200. The smallest absolute Gasteiger partial charge is 0.250 e. The lowest BCUT2D eigenvalue weighted by Crippen LogP contribution is -2.19. The molecule has 1 heterocycles. The summed E-state index contributed by atoms with van der Waals surface area (Å²) in [7, 11) is 0. The van der Waals surface area contributed by atoms with Gasteiger partial charge in [0.25, 0.3) is 5.91 Å². The van der Waals surface area contributed by atoms with Gasteiger partial charge in [0.15, 0.2) is 0 Å². The summed E-state index contributed by atoms with van der Waals surface area (Å²) >= 11 is 0. The molecule has 0 fully saturated rings. The molecule has 2 rings (SSSR count). The molecule has 0 saturated carbocycles. The zero-order chi connectivity index (χ0) is 14.7. The first-order chi connectivity index (χ1) is 9.47. The molecule has 0 bridgehead atoms. The van der Waals surface area contributed by atoms with Crippen LogP contribution in [0.25, 0.3) is 0 Å². The van der Waals surface area contributed by atoms with Crippen molar-refractivity contribution in [2.75, 3.05) is 5.32 Å². The summed E-state index contributed by atoms with van der Waals surface area (Å²) in [4.78, 5) is 26.5. The van der Waals surface area contributed by atoms with E-state index in [4.69, 9.17) is 5.73 Å². The Bertz CT molecular complexity index is 659. The van der Waals surface area contributed by atoms with Gasteiger partial charge >= 0.3 is 0 Å². The predicted molar refractivity (Wildman–Crippen MR) is 77.6 cm³/mol. The van der Waals surface area contributed by atoms with Gasteiger partial charge in [0.2, 0.25) is 5.91 Å². The molecule has 4 N–H and O–H groups in total. The minimum Gasteiger partial charge on any atom is -0.366 e. The zero-order valence-corrected chi connectivity index (χ0v) is 11.5. The molecule has 0 aliphatic rings. The number of hydrogen-bond donors (Lipinski definition) is 3. The maximum atomic E-state index is 12.0. The van der Waals surface area contributed by atoms with Gasteiger partial charge in [-0.25, -0.2) is 0 Å². The number of nitrogens with two attached hydrogens (primary N) is 1. The third kappa shape index (κ3) is 3.06. The topological polar surface area (TPSA) is 88.0 Å². The van der Waals surface area contributed by atoms with E-state index in [0.29, 0.717) is 11.3 Å². The second-order valence-corrected chi connectivity index (χ2v) is 4.74. The van der Waals surface area contributed by atoms with E-state index < -0.39 is 5.91 Å². The fourth-order valence-corrected chi connectivity index (χ4v) is 2.14. The van der Waals surface area contributed by atoms with Crippen LogP contribution in [-0.4, -0.2) is 16.8 Å². The number of aryl methyl sites for hydroxylation is 2. The number of nitrogens with one attached hydrogen (secondary N) is 2. The summed E-state index contributed by atoms with van der Waals surface area (Å²) < 4.78 is 0. The number of aromatic amines is 1. The van der Waals surface area contributed by atoms with Crippen LogP contribution in [0.2, 0.25) is 0 Å². The van der Waals surface area contributed by atoms with Gasteiger partial charge in [-0.3, -0.25) is 9.59 Å². The minimum absolute atomic E-state index is 0.180. The average Bonchev–Trinajstić information content (AvgIpc) is 2.68. The lowest BCUT2D eigenvalue weighted by molar-refractivity contribution is -0.115. The number of hydrogen-bond acceptors (Lipinski definition) is 2. The SMILES string of the molecule is Cc1cc(CC(=O)Nc2ccccc2C(N)=O)c(C)[nH]1. The summed E-state index contributed by atoms with van der Waals surface area (Å²) in [6.07, 6.45) is 0.253. The number of primary amides is 1. The molecule has 1 aromatic heterocycles. The van der Waals surface area contributed by atoms with Crippen molar-refractivity contribution >= 4 is 17.5 Å². The minimum atomic E-state index is -0.561. The molecule has 0 spiro atoms. The second kappa shape index (κ2) is 5.61. The molecule has 0 atom stereocenters. The van der Waals surface area contributed by atoms with Crippen molar-refractivity contribution in [1.82, 2.24) is 4.98 Å². The highest BCUT2D eigenvalue weighted by atomic mass is 16.2. The predicted octanol–water partition coefficient (Wildman–Crippen LogP) is 1.91. The Morgan fingerprint density at radius 3 is 2.55 bits per heavy atom. The molecule has 2 amide bonds. The third-order valence-electron chi connectivity index (χ3n) is 3.07. The van der Waals surface area contributed by atoms with Crippen LogP contribution in [0.4, 0.5) is 5.69 Å². The fourth-order valence-electron chi connectivity index (χ4n) is 2.14. The Hall–Kier alpha value is -2.56. The largest absolute Gasteiger partial charge is 0.366 e. The van der Waals surface area contributed by atoms with Gasteiger partial charge in [0.05, 0.1) is 17.7 Å². The molecular formula is C15H17N3O2. The van der Waals surface area contributed by atoms with E-state index in [-0.39, 0.29) is 12.3 Å². The molecule has 5 nitrogen and oxygen atoms in total. The van der Waals surface area contributed by atoms with Crippen LogP contribution in [0.3, 0.4) is 0 Å². The second-order valence-electron chi connectivity index (χ2n) is 4.74. The number of aromatic nitrogens is 1. The van der Waals surface area contributed by atoms with Crippen LogP contribution in [0.1, 0.15) is 27.3 Å². The summed E-state index contributed by atoms with van der Waals surface area (Å²) in [5.74, 6) is -0.740. The van der Waals surface area contributed by atoms with Crippen LogP contribution in [-0.2, 0) is 11.2 Å². The molecular weight excluding hydrogens is 254 g/mol. The molecule has 0 aliphatic carbocycles. The number of para-hydroxylation sites is 1. The Kier molecular flexibility index (Phi) is 3.89. The van der Waals surface area contributed by atoms with Crippen molar-refractivity contribution in [1.29, 1.82) is 0 Å². The van der Waals surface area contributed by atoms with E-state index in [1.165, 1.54) is 0 Å². The van der Waals surface area contributed by atoms with Crippen molar-refractivity contribution < 1.29 is 9.59 Å². The molecule has 0 aliphatic heterocycles. The van der Waals surface area contributed by atoms with Crippen molar-refractivity contribution in [3.05, 3.63) is 52.8 Å². The Morgan fingerprint density at radius 1 is 1.25 bits per heavy atom. The summed E-state index contributed by atoms with van der Waals surface area (Å²) in [6.45, 7) is 3.86. The maximum Gasteiger partial charge on any atom is 0.250 e. The average molecular weight is 271 g/mol. The highest BCUT2D eigenvalue weighted by Gasteiger charge is 2.12. The normalized spacial score (nSPS) is 10.3. The van der Waals surface area contributed by atoms with Gasteiger partial charge in [-0.15, -0.1) is 0 Å². The summed E-state index contributed by atoms with van der Waals surface area (Å²) in [5.41, 5.74) is 8.95. The van der Waals surface area contributed by atoms with E-state index in [1.54, 1.807) is 24.3 Å². The lowest BCUT2D eigenvalue weighted by atomic mass is 10.1. The third-order valence-corrected chi connectivity index (χ3v) is 3.07. The van der Waals surface area contributed by atoms with Crippen LogP contribution >= 0.6 is 0 Å². The number of anilines is 1. The Morgan fingerprint density at radius 2 is 1.95 bits per heavy atom. The van der Waals surface area contributed by atoms with Crippen molar-refractivity contribution in [3.63, 3.8) is 0 Å². The van der Waals surface area contributed by atoms with E-state index in [9.17, 15) is 9.59 Å². The van der Waals surface area contributed by atoms with Crippen LogP contribution in [0, 0.1) is 13.8 Å². The molecule has 1 aromatic carbocycles. The quantitative estimate of drug-likeness (QED) is 0.793. The van der Waals surface area contributed by atoms with E-state index >= 15 is 0 Å². The van der Waals surface area contributed by atoms with Crippen LogP contribution in [0.5, 0.6) is 0 Å². The van der Waals surface area contributed by atoms with Gasteiger partial charge in [0, 0.05) is 11.4 Å². The summed E-state index contributed by atoms with van der Waals surface area (Å²) in [6, 6.07) is 8.63. The zero-order valence-electron chi connectivity index (χ0n) is 11.5. The summed E-state index contributed by atoms with van der Waals surface area (Å²) in [5, 5.41) is 2.72. The number of H-pyrrole nitrogens is 1. The van der Waals surface area contributed by atoms with Gasteiger partial charge < -0.3 is 16.0 Å². The first-order valence-electron chi connectivity index (χ1n) is 6.31. The van der Waals surface area contributed by atoms with Crippen molar-refractivity contribution in [3.8, 4) is 0 Å². The first-order valence-corrected chi connectivity index (χ1v) is 6.31. The number of benzene rings is 1. The number of rotatable bonds is 4. The Labute approximate surface area is 117 Å². The molecule has 5 heteroatoms. The van der Waals surface area contributed by atoms with E-state index in [2.05, 4.69) is 10.3 Å². The monoisotopic (exact) mass is 271 g/mol. The molecule has 20 heavy (non-hydrogen) atoms. The lowest BCUT2D eigenvalue weighted by Gasteiger charge is -2.08. The number of carbonyl (C=O) groups is 2.